The fraction of sp³-hybridized carbons (Fsp3) is 0.917. The zero-order chi connectivity index (χ0) is 56.4. The summed E-state index contributed by atoms with van der Waals surface area (Å²) in [7, 11) is 0. The molecule has 0 aliphatic carbocycles. The monoisotopic (exact) mass is 1100 g/mol. The van der Waals surface area contributed by atoms with E-state index in [4.69, 9.17) is 4.74 Å². The molecule has 2 atom stereocenters. The van der Waals surface area contributed by atoms with Crippen LogP contribution in [0.5, 0.6) is 0 Å². The van der Waals surface area contributed by atoms with Crippen molar-refractivity contribution in [3.05, 3.63) is 24.3 Å². The minimum atomic E-state index is -0.671. The van der Waals surface area contributed by atoms with Gasteiger partial charge >= 0.3 is 5.97 Å². The van der Waals surface area contributed by atoms with E-state index in [0.717, 1.165) is 44.9 Å². The lowest BCUT2D eigenvalue weighted by molar-refractivity contribution is -0.143. The lowest BCUT2D eigenvalue weighted by Crippen LogP contribution is -2.45. The lowest BCUT2D eigenvalue weighted by Gasteiger charge is -2.22. The molecular weight excluding hydrogens is 959 g/mol. The van der Waals surface area contributed by atoms with E-state index in [0.29, 0.717) is 25.9 Å². The molecule has 0 aromatic carbocycles. The Hall–Kier alpha value is -1.66. The summed E-state index contributed by atoms with van der Waals surface area (Å²) >= 11 is 0. The van der Waals surface area contributed by atoms with Gasteiger partial charge in [0.25, 0.3) is 0 Å². The summed E-state index contributed by atoms with van der Waals surface area (Å²) in [6.45, 7) is 4.98. The van der Waals surface area contributed by atoms with Gasteiger partial charge in [-0.2, -0.15) is 0 Å². The van der Waals surface area contributed by atoms with Crippen LogP contribution in [0.1, 0.15) is 399 Å². The van der Waals surface area contributed by atoms with Crippen molar-refractivity contribution < 1.29 is 24.5 Å². The van der Waals surface area contributed by atoms with Crippen molar-refractivity contribution in [3.8, 4) is 0 Å². The second-order valence-corrected chi connectivity index (χ2v) is 24.6. The first-order valence-electron chi connectivity index (χ1n) is 35.6. The van der Waals surface area contributed by atoms with E-state index in [2.05, 4.69) is 43.5 Å². The van der Waals surface area contributed by atoms with Gasteiger partial charge in [0.1, 0.15) is 0 Å². The Morgan fingerprint density at radius 2 is 0.603 bits per heavy atom. The number of nitrogens with one attached hydrogen (secondary N) is 1. The van der Waals surface area contributed by atoms with Gasteiger partial charge in [0.2, 0.25) is 5.91 Å². The fourth-order valence-corrected chi connectivity index (χ4v) is 11.3. The van der Waals surface area contributed by atoms with E-state index in [1.165, 1.54) is 321 Å². The third-order valence-corrected chi connectivity index (χ3v) is 16.7. The topological polar surface area (TPSA) is 95.9 Å². The van der Waals surface area contributed by atoms with Crippen molar-refractivity contribution in [1.82, 2.24) is 5.32 Å². The highest BCUT2D eigenvalue weighted by Crippen LogP contribution is 2.19. The van der Waals surface area contributed by atoms with Crippen molar-refractivity contribution >= 4 is 11.9 Å². The molecular formula is C72H139NO5. The summed E-state index contributed by atoms with van der Waals surface area (Å²) in [5.41, 5.74) is 0. The Kier molecular flexibility index (Phi) is 66.4. The van der Waals surface area contributed by atoms with Gasteiger partial charge in [-0.1, -0.05) is 334 Å². The maximum Gasteiger partial charge on any atom is 0.305 e. The van der Waals surface area contributed by atoms with Gasteiger partial charge in [-0.25, -0.2) is 0 Å². The lowest BCUT2D eigenvalue weighted by atomic mass is 10.0. The SMILES string of the molecule is CCCCCCCC/C=C\CCCCCCCCCC(=O)OCCCCCCCCCCCC/C=C\CCCCCCCCCC(=O)NC(CO)C(O)CCCCCCCCCCCCCCCCCCCCCCCCC. The first-order valence-corrected chi connectivity index (χ1v) is 35.6. The van der Waals surface area contributed by atoms with Gasteiger partial charge in [-0.15, -0.1) is 0 Å². The molecule has 0 aliphatic heterocycles. The second-order valence-electron chi connectivity index (χ2n) is 24.6. The van der Waals surface area contributed by atoms with Gasteiger partial charge in [-0.3, -0.25) is 9.59 Å². The number of aliphatic hydroxyl groups excluding tert-OH is 2. The van der Waals surface area contributed by atoms with E-state index < -0.39 is 12.1 Å². The van der Waals surface area contributed by atoms with Crippen molar-refractivity contribution in [2.45, 2.75) is 411 Å². The van der Waals surface area contributed by atoms with E-state index >= 15 is 0 Å². The average Bonchev–Trinajstić information content (AvgIpc) is 3.44. The van der Waals surface area contributed by atoms with Crippen LogP contribution in [-0.2, 0) is 14.3 Å². The number of carbonyl (C=O) groups excluding carboxylic acids is 2. The number of aliphatic hydroxyl groups is 2. The first-order chi connectivity index (χ1) is 38.5. The van der Waals surface area contributed by atoms with Crippen LogP contribution in [0.25, 0.3) is 0 Å². The molecule has 6 nitrogen and oxygen atoms in total. The molecule has 0 radical (unpaired) electrons. The molecule has 462 valence electrons. The number of hydrogen-bond donors (Lipinski definition) is 3. The highest BCUT2D eigenvalue weighted by atomic mass is 16.5. The third-order valence-electron chi connectivity index (χ3n) is 16.7. The van der Waals surface area contributed by atoms with Crippen LogP contribution >= 0.6 is 0 Å². The maximum atomic E-state index is 12.5. The molecule has 0 spiro atoms. The van der Waals surface area contributed by atoms with Crippen LogP contribution in [0.3, 0.4) is 0 Å². The first kappa shape index (κ1) is 76.3. The third kappa shape index (κ3) is 63.5. The molecule has 0 rings (SSSR count). The largest absolute Gasteiger partial charge is 0.466 e. The number of ether oxygens (including phenoxy) is 1. The maximum absolute atomic E-state index is 12.5. The van der Waals surface area contributed by atoms with E-state index in [1.54, 1.807) is 0 Å². The van der Waals surface area contributed by atoms with E-state index in [1.807, 2.05) is 0 Å². The quantitative estimate of drug-likeness (QED) is 0.0320. The number of amides is 1. The van der Waals surface area contributed by atoms with Crippen molar-refractivity contribution in [3.63, 3.8) is 0 Å². The number of unbranched alkanes of at least 4 members (excludes halogenated alkanes) is 52. The number of esters is 1. The molecule has 0 fully saturated rings. The zero-order valence-electron chi connectivity index (χ0n) is 52.9. The minimum absolute atomic E-state index is 0.00597. The van der Waals surface area contributed by atoms with E-state index in [-0.39, 0.29) is 18.5 Å². The Balaban J connectivity index is 3.41. The molecule has 0 aromatic heterocycles. The molecule has 2 unspecified atom stereocenters. The standard InChI is InChI=1S/C72H139NO5/c1-3-5-7-9-11-13-15-17-19-21-22-23-24-26-29-33-36-40-44-48-52-56-60-64-70(75)69(68-74)73-71(76)65-61-57-53-49-45-41-37-34-30-27-25-28-31-35-39-43-47-51-55-59-63-67-78-72(77)66-62-58-54-50-46-42-38-32-20-18-16-14-12-10-8-6-4-2/h18,20,27,30,69-70,74-75H,3-17,19,21-26,28-29,31-68H2,1-2H3,(H,73,76)/b20-18-,30-27-. The predicted octanol–water partition coefficient (Wildman–Crippen LogP) is 22.9. The van der Waals surface area contributed by atoms with Crippen LogP contribution in [0.2, 0.25) is 0 Å². The normalized spacial score (nSPS) is 12.6. The fourth-order valence-electron chi connectivity index (χ4n) is 11.3. The molecule has 0 aliphatic rings. The average molecular weight is 1100 g/mol. The van der Waals surface area contributed by atoms with Crippen molar-refractivity contribution in [1.29, 1.82) is 0 Å². The van der Waals surface area contributed by atoms with Gasteiger partial charge in [0.15, 0.2) is 0 Å². The molecule has 0 saturated carbocycles. The van der Waals surface area contributed by atoms with Crippen LogP contribution in [0.15, 0.2) is 24.3 Å². The molecule has 0 heterocycles. The number of hydrogen-bond acceptors (Lipinski definition) is 5. The Bertz CT molecular complexity index is 1220. The Morgan fingerprint density at radius 1 is 0.346 bits per heavy atom. The summed E-state index contributed by atoms with van der Waals surface area (Å²) < 4.78 is 5.50. The molecule has 78 heavy (non-hydrogen) atoms. The van der Waals surface area contributed by atoms with Gasteiger partial charge in [0.05, 0.1) is 25.4 Å². The second kappa shape index (κ2) is 67.8. The highest BCUT2D eigenvalue weighted by molar-refractivity contribution is 5.76. The summed E-state index contributed by atoms with van der Waals surface area (Å²) in [5, 5.41) is 23.4. The summed E-state index contributed by atoms with van der Waals surface area (Å²) in [4.78, 5) is 24.6. The van der Waals surface area contributed by atoms with Gasteiger partial charge in [-0.05, 0) is 77.0 Å². The molecule has 0 bridgehead atoms. The zero-order valence-corrected chi connectivity index (χ0v) is 52.9. The number of allylic oxidation sites excluding steroid dienone is 4. The summed E-state index contributed by atoms with van der Waals surface area (Å²) in [5.74, 6) is -0.0323. The van der Waals surface area contributed by atoms with Crippen LogP contribution in [0.4, 0.5) is 0 Å². The Morgan fingerprint density at radius 3 is 0.910 bits per heavy atom. The van der Waals surface area contributed by atoms with Crippen LogP contribution < -0.4 is 5.32 Å². The number of carbonyl (C=O) groups is 2. The van der Waals surface area contributed by atoms with Gasteiger partial charge in [0, 0.05) is 12.8 Å². The smallest absolute Gasteiger partial charge is 0.305 e. The molecule has 1 amide bonds. The molecule has 6 heteroatoms. The summed E-state index contributed by atoms with van der Waals surface area (Å²) in [6, 6.07) is -0.549. The highest BCUT2D eigenvalue weighted by Gasteiger charge is 2.20. The molecule has 0 aromatic rings. The summed E-state index contributed by atoms with van der Waals surface area (Å²) in [6.07, 6.45) is 85.0. The van der Waals surface area contributed by atoms with Gasteiger partial charge < -0.3 is 20.3 Å². The Labute approximate surface area is 488 Å². The van der Waals surface area contributed by atoms with E-state index in [9.17, 15) is 19.8 Å². The molecule has 3 N–H and O–H groups in total. The van der Waals surface area contributed by atoms with Crippen LogP contribution in [0, 0.1) is 0 Å². The van der Waals surface area contributed by atoms with Crippen LogP contribution in [-0.4, -0.2) is 47.4 Å². The predicted molar refractivity (Wildman–Crippen MR) is 343 cm³/mol. The minimum Gasteiger partial charge on any atom is -0.466 e. The van der Waals surface area contributed by atoms with Crippen molar-refractivity contribution in [2.75, 3.05) is 13.2 Å². The number of rotatable bonds is 67. The van der Waals surface area contributed by atoms with Crippen molar-refractivity contribution in [2.24, 2.45) is 0 Å². The molecule has 0 saturated heterocycles.